The minimum absolute atomic E-state index is 0.225. The van der Waals surface area contributed by atoms with Gasteiger partial charge in [-0.25, -0.2) is 10.1 Å². The molecule has 0 saturated carbocycles. The number of hydrogen-bond acceptors (Lipinski definition) is 5. The summed E-state index contributed by atoms with van der Waals surface area (Å²) in [6.45, 7) is 1.76. The van der Waals surface area contributed by atoms with Gasteiger partial charge in [-0.15, -0.1) is 0 Å². The van der Waals surface area contributed by atoms with Crippen molar-refractivity contribution in [2.75, 3.05) is 0 Å². The van der Waals surface area contributed by atoms with E-state index in [0.717, 1.165) is 0 Å². The van der Waals surface area contributed by atoms with Crippen LogP contribution in [0.4, 0.5) is 0 Å². The van der Waals surface area contributed by atoms with Gasteiger partial charge in [-0.1, -0.05) is 0 Å². The minimum Gasteiger partial charge on any atom is -0.441 e. The molecule has 1 N–H and O–H groups in total. The maximum Gasteiger partial charge on any atom is 0.265 e. The molecule has 2 heterocycles. The van der Waals surface area contributed by atoms with E-state index in [1.165, 1.54) is 6.07 Å². The maximum atomic E-state index is 11.2. The van der Waals surface area contributed by atoms with Gasteiger partial charge in [0.05, 0.1) is 5.56 Å². The van der Waals surface area contributed by atoms with Gasteiger partial charge in [0.2, 0.25) is 0 Å². The molecule has 6 heteroatoms. The van der Waals surface area contributed by atoms with E-state index in [2.05, 4.69) is 15.2 Å². The predicted octanol–water partition coefficient (Wildman–Crippen LogP) is 1.76. The zero-order valence-corrected chi connectivity index (χ0v) is 9.97. The van der Waals surface area contributed by atoms with Gasteiger partial charge in [-0.3, -0.25) is 4.79 Å². The number of rotatable bonds is 1. The van der Waals surface area contributed by atoms with Crippen molar-refractivity contribution in [3.8, 4) is 17.3 Å². The first-order valence-electron chi connectivity index (χ1n) is 5.55. The minimum atomic E-state index is -0.404. The Balaban J connectivity index is 2.24. The molecule has 0 aliphatic heterocycles. The van der Waals surface area contributed by atoms with Crippen LogP contribution in [0.3, 0.4) is 0 Å². The zero-order chi connectivity index (χ0) is 13.4. The lowest BCUT2D eigenvalue weighted by atomic mass is 10.1. The molecule has 1 aromatic carbocycles. The van der Waals surface area contributed by atoms with Crippen LogP contribution in [0, 0.1) is 18.3 Å². The molecular weight excluding hydrogens is 244 g/mol. The van der Waals surface area contributed by atoms with E-state index in [0.29, 0.717) is 28.2 Å². The summed E-state index contributed by atoms with van der Waals surface area (Å²) < 4.78 is 5.38. The van der Waals surface area contributed by atoms with E-state index in [4.69, 9.17) is 9.68 Å². The Bertz CT molecular complexity index is 870. The van der Waals surface area contributed by atoms with E-state index in [1.807, 2.05) is 6.07 Å². The van der Waals surface area contributed by atoms with E-state index >= 15 is 0 Å². The molecule has 3 rings (SSSR count). The summed E-state index contributed by atoms with van der Waals surface area (Å²) in [4.78, 5) is 15.4. The van der Waals surface area contributed by atoms with E-state index < -0.39 is 5.56 Å². The van der Waals surface area contributed by atoms with Crippen LogP contribution < -0.4 is 5.56 Å². The number of aryl methyl sites for hydroxylation is 1. The molecule has 0 fully saturated rings. The van der Waals surface area contributed by atoms with Gasteiger partial charge in [-0.05, 0) is 18.2 Å². The molecular formula is C13H8N4O2. The van der Waals surface area contributed by atoms with Crippen LogP contribution in [0.25, 0.3) is 22.4 Å². The van der Waals surface area contributed by atoms with Crippen molar-refractivity contribution in [1.82, 2.24) is 15.2 Å². The Morgan fingerprint density at radius 3 is 3.00 bits per heavy atom. The Morgan fingerprint density at radius 1 is 1.37 bits per heavy atom. The highest BCUT2D eigenvalue weighted by atomic mass is 16.3. The number of H-pyrrole nitrogens is 1. The summed E-state index contributed by atoms with van der Waals surface area (Å²) in [5, 5.41) is 15.3. The first kappa shape index (κ1) is 11.2. The standard InChI is InChI=1S/C13H8N4O2/c1-7-15-10-4-8(2-3-11(10)19-7)13-9(6-14)5-12(18)16-17-13/h2-5H,1H3,(H,16,18). The molecule has 2 aromatic heterocycles. The number of nitrogens with zero attached hydrogens (tertiary/aromatic N) is 3. The molecule has 0 atom stereocenters. The van der Waals surface area contributed by atoms with Crippen molar-refractivity contribution in [1.29, 1.82) is 5.26 Å². The number of aromatic amines is 1. The number of nitrogens with one attached hydrogen (secondary N) is 1. The zero-order valence-electron chi connectivity index (χ0n) is 9.97. The average molecular weight is 252 g/mol. The number of fused-ring (bicyclic) bond motifs is 1. The van der Waals surface area contributed by atoms with Crippen LogP contribution >= 0.6 is 0 Å². The van der Waals surface area contributed by atoms with E-state index in [1.54, 1.807) is 25.1 Å². The molecule has 0 spiro atoms. The van der Waals surface area contributed by atoms with Gasteiger partial charge in [-0.2, -0.15) is 10.4 Å². The van der Waals surface area contributed by atoms with Crippen LogP contribution in [0.5, 0.6) is 0 Å². The van der Waals surface area contributed by atoms with Gasteiger partial charge >= 0.3 is 0 Å². The van der Waals surface area contributed by atoms with Gasteiger partial charge < -0.3 is 4.42 Å². The average Bonchev–Trinajstić information content (AvgIpc) is 2.77. The highest BCUT2D eigenvalue weighted by Gasteiger charge is 2.10. The lowest BCUT2D eigenvalue weighted by molar-refractivity contribution is 0.561. The van der Waals surface area contributed by atoms with Crippen molar-refractivity contribution >= 4 is 11.1 Å². The van der Waals surface area contributed by atoms with Crippen molar-refractivity contribution in [3.05, 3.63) is 46.1 Å². The smallest absolute Gasteiger partial charge is 0.265 e. The summed E-state index contributed by atoms with van der Waals surface area (Å²) in [6.07, 6.45) is 0. The fourth-order valence-corrected chi connectivity index (χ4v) is 1.90. The van der Waals surface area contributed by atoms with Gasteiger partial charge in [0.25, 0.3) is 5.56 Å². The number of hydrogen-bond donors (Lipinski definition) is 1. The SMILES string of the molecule is Cc1nc2cc(-c3n[nH]c(=O)cc3C#N)ccc2o1. The van der Waals surface area contributed by atoms with Crippen LogP contribution in [0.2, 0.25) is 0 Å². The first-order chi connectivity index (χ1) is 9.17. The Kier molecular flexibility index (Phi) is 2.39. The summed E-state index contributed by atoms with van der Waals surface area (Å²) in [5.41, 5.74) is 2.30. The maximum absolute atomic E-state index is 11.2. The van der Waals surface area contributed by atoms with Crippen molar-refractivity contribution in [2.24, 2.45) is 0 Å². The van der Waals surface area contributed by atoms with E-state index in [-0.39, 0.29) is 5.56 Å². The molecule has 0 bridgehead atoms. The highest BCUT2D eigenvalue weighted by molar-refractivity contribution is 5.80. The van der Waals surface area contributed by atoms with Gasteiger partial charge in [0.15, 0.2) is 11.5 Å². The molecule has 19 heavy (non-hydrogen) atoms. The van der Waals surface area contributed by atoms with Gasteiger partial charge in [0.1, 0.15) is 17.3 Å². The summed E-state index contributed by atoms with van der Waals surface area (Å²) >= 11 is 0. The second-order valence-electron chi connectivity index (χ2n) is 4.02. The molecule has 0 amide bonds. The van der Waals surface area contributed by atoms with E-state index in [9.17, 15) is 4.79 Å². The molecule has 6 nitrogen and oxygen atoms in total. The number of oxazole rings is 1. The van der Waals surface area contributed by atoms with Crippen molar-refractivity contribution in [3.63, 3.8) is 0 Å². The number of aromatic nitrogens is 3. The van der Waals surface area contributed by atoms with Crippen LogP contribution in [-0.2, 0) is 0 Å². The topological polar surface area (TPSA) is 95.6 Å². The molecule has 0 saturated heterocycles. The third-order valence-electron chi connectivity index (χ3n) is 2.70. The highest BCUT2D eigenvalue weighted by Crippen LogP contribution is 2.24. The lowest BCUT2D eigenvalue weighted by Gasteiger charge is -2.01. The Hall–Kier alpha value is -2.94. The Labute approximate surface area is 107 Å². The Morgan fingerprint density at radius 2 is 2.21 bits per heavy atom. The largest absolute Gasteiger partial charge is 0.441 e. The van der Waals surface area contributed by atoms with Gasteiger partial charge in [0, 0.05) is 18.6 Å². The molecule has 0 aliphatic carbocycles. The summed E-state index contributed by atoms with van der Waals surface area (Å²) in [7, 11) is 0. The number of nitriles is 1. The lowest BCUT2D eigenvalue weighted by Crippen LogP contribution is -2.08. The number of benzene rings is 1. The molecule has 3 aromatic rings. The van der Waals surface area contributed by atoms with Crippen LogP contribution in [0.15, 0.2) is 33.5 Å². The molecule has 92 valence electrons. The third kappa shape index (κ3) is 1.87. The molecule has 0 unspecified atom stereocenters. The quantitative estimate of drug-likeness (QED) is 0.711. The summed E-state index contributed by atoms with van der Waals surface area (Å²) in [5.74, 6) is 0.571. The molecule has 0 radical (unpaired) electrons. The van der Waals surface area contributed by atoms with Crippen LogP contribution in [-0.4, -0.2) is 15.2 Å². The third-order valence-corrected chi connectivity index (χ3v) is 2.70. The van der Waals surface area contributed by atoms with Crippen molar-refractivity contribution < 1.29 is 4.42 Å². The second-order valence-corrected chi connectivity index (χ2v) is 4.02. The first-order valence-corrected chi connectivity index (χ1v) is 5.55. The normalized spacial score (nSPS) is 10.5. The summed E-state index contributed by atoms with van der Waals surface area (Å²) in [6, 6.07) is 8.49. The van der Waals surface area contributed by atoms with Crippen molar-refractivity contribution in [2.45, 2.75) is 6.92 Å². The van der Waals surface area contributed by atoms with Crippen LogP contribution in [0.1, 0.15) is 11.5 Å². The monoisotopic (exact) mass is 252 g/mol. The molecule has 0 aliphatic rings. The predicted molar refractivity (Wildman–Crippen MR) is 67.3 cm³/mol. The fraction of sp³-hybridized carbons (Fsp3) is 0.0769. The second kappa shape index (κ2) is 4.07. The fourth-order valence-electron chi connectivity index (χ4n) is 1.90.